The first-order valence-corrected chi connectivity index (χ1v) is 11.6. The van der Waals surface area contributed by atoms with E-state index in [4.69, 9.17) is 0 Å². The van der Waals surface area contributed by atoms with Crippen molar-refractivity contribution >= 4 is 27.3 Å². The lowest BCUT2D eigenvalue weighted by Gasteiger charge is -2.07. The van der Waals surface area contributed by atoms with E-state index in [1.165, 1.54) is 23.1 Å². The largest absolute Gasteiger partial charge is 0.416 e. The van der Waals surface area contributed by atoms with Crippen molar-refractivity contribution in [2.24, 2.45) is 0 Å². The van der Waals surface area contributed by atoms with Crippen LogP contribution in [0.2, 0.25) is 0 Å². The SMILES string of the molecule is FC(F)(F)c1cccc(-n2cc3c4c(cc[n+]3c2)c2ccccc2n4CCCc2ccccc2)c1. The van der Waals surface area contributed by atoms with Gasteiger partial charge in [-0.1, -0.05) is 54.6 Å². The summed E-state index contributed by atoms with van der Waals surface area (Å²) in [7, 11) is 0. The average Bonchev–Trinajstić information content (AvgIpc) is 3.44. The first-order valence-electron chi connectivity index (χ1n) is 11.6. The topological polar surface area (TPSA) is 14.0 Å². The van der Waals surface area contributed by atoms with Crippen molar-refractivity contribution in [3.63, 3.8) is 0 Å². The standard InChI is InChI=1S/C29H23F3N3/c30-29(31,32)22-11-6-12-23(18-22)34-19-27-28-25(15-17-33(27)20-34)24-13-4-5-14-26(24)35(28)16-7-10-21-8-2-1-3-9-21/h1-6,8-9,11-15,17-20H,7,10,16H2/q+1. The minimum Gasteiger partial charge on any atom is -0.337 e. The van der Waals surface area contributed by atoms with E-state index >= 15 is 0 Å². The average molecular weight is 471 g/mol. The van der Waals surface area contributed by atoms with Crippen molar-refractivity contribution < 1.29 is 17.6 Å². The molecule has 3 aromatic heterocycles. The lowest BCUT2D eigenvalue weighted by Crippen LogP contribution is -2.18. The highest BCUT2D eigenvalue weighted by Crippen LogP contribution is 2.32. The number of hydrogen-bond acceptors (Lipinski definition) is 0. The molecule has 6 aromatic rings. The molecule has 0 aliphatic carbocycles. The third-order valence-electron chi connectivity index (χ3n) is 6.60. The van der Waals surface area contributed by atoms with Gasteiger partial charge < -0.3 is 4.57 Å². The number of para-hydroxylation sites is 1. The number of pyridine rings is 1. The Morgan fingerprint density at radius 2 is 1.60 bits per heavy atom. The number of rotatable bonds is 5. The van der Waals surface area contributed by atoms with E-state index < -0.39 is 11.7 Å². The van der Waals surface area contributed by atoms with E-state index in [0.29, 0.717) is 5.69 Å². The minimum absolute atomic E-state index is 0.475. The number of halogens is 3. The van der Waals surface area contributed by atoms with E-state index in [1.54, 1.807) is 10.6 Å². The van der Waals surface area contributed by atoms with Crippen LogP contribution in [-0.4, -0.2) is 9.13 Å². The Labute approximate surface area is 200 Å². The summed E-state index contributed by atoms with van der Waals surface area (Å²) in [6.45, 7) is 0.841. The molecule has 0 radical (unpaired) electrons. The summed E-state index contributed by atoms with van der Waals surface area (Å²) < 4.78 is 46.0. The molecule has 3 heterocycles. The number of imidazole rings is 1. The molecule has 0 N–H and O–H groups in total. The normalized spacial score (nSPS) is 12.2. The molecule has 0 atom stereocenters. The van der Waals surface area contributed by atoms with Gasteiger partial charge in [-0.05, 0) is 48.7 Å². The van der Waals surface area contributed by atoms with Gasteiger partial charge in [0.25, 0.3) is 6.33 Å². The van der Waals surface area contributed by atoms with Crippen LogP contribution in [0, 0.1) is 0 Å². The summed E-state index contributed by atoms with van der Waals surface area (Å²) in [5.74, 6) is 0. The first-order chi connectivity index (χ1) is 17.0. The second-order valence-electron chi connectivity index (χ2n) is 8.83. The Hall–Kier alpha value is -4.06. The van der Waals surface area contributed by atoms with Crippen LogP contribution in [0.15, 0.2) is 104 Å². The minimum atomic E-state index is -4.38. The van der Waals surface area contributed by atoms with E-state index in [-0.39, 0.29) is 0 Å². The summed E-state index contributed by atoms with van der Waals surface area (Å²) in [5.41, 5.74) is 4.34. The zero-order valence-corrected chi connectivity index (χ0v) is 18.9. The highest BCUT2D eigenvalue weighted by atomic mass is 19.4. The van der Waals surface area contributed by atoms with Crippen LogP contribution < -0.4 is 4.40 Å². The number of benzene rings is 3. The maximum Gasteiger partial charge on any atom is 0.416 e. The van der Waals surface area contributed by atoms with Crippen molar-refractivity contribution in [1.29, 1.82) is 0 Å². The molecule has 0 amide bonds. The maximum absolute atomic E-state index is 13.3. The van der Waals surface area contributed by atoms with Gasteiger partial charge in [-0.15, -0.1) is 0 Å². The molecule has 0 unspecified atom stereocenters. The predicted octanol–water partition coefficient (Wildman–Crippen LogP) is 6.98. The molecule has 3 aromatic carbocycles. The van der Waals surface area contributed by atoms with Crippen molar-refractivity contribution in [1.82, 2.24) is 9.13 Å². The fourth-order valence-corrected chi connectivity index (χ4v) is 4.96. The predicted molar refractivity (Wildman–Crippen MR) is 132 cm³/mol. The molecule has 0 aliphatic rings. The lowest BCUT2D eigenvalue weighted by atomic mass is 10.1. The molecule has 0 aliphatic heterocycles. The van der Waals surface area contributed by atoms with Crippen molar-refractivity contribution in [2.75, 3.05) is 0 Å². The second-order valence-corrected chi connectivity index (χ2v) is 8.83. The van der Waals surface area contributed by atoms with Gasteiger partial charge in [-0.2, -0.15) is 13.2 Å². The van der Waals surface area contributed by atoms with Gasteiger partial charge in [0.2, 0.25) is 0 Å². The molecule has 0 saturated carbocycles. The van der Waals surface area contributed by atoms with Crippen LogP contribution in [0.5, 0.6) is 0 Å². The highest BCUT2D eigenvalue weighted by molar-refractivity contribution is 6.11. The summed E-state index contributed by atoms with van der Waals surface area (Å²) in [6.07, 6.45) is 3.30. The molecule has 6 rings (SSSR count). The summed E-state index contributed by atoms with van der Waals surface area (Å²) >= 11 is 0. The number of nitrogens with zero attached hydrogens (tertiary/aromatic N) is 3. The van der Waals surface area contributed by atoms with Crippen LogP contribution in [0.4, 0.5) is 13.2 Å². The molecule has 3 nitrogen and oxygen atoms in total. The number of alkyl halides is 3. The van der Waals surface area contributed by atoms with E-state index in [9.17, 15) is 13.2 Å². The molecule has 0 spiro atoms. The molecular formula is C29H23F3N3+. The monoisotopic (exact) mass is 470 g/mol. The van der Waals surface area contributed by atoms with Gasteiger partial charge in [0.1, 0.15) is 17.4 Å². The van der Waals surface area contributed by atoms with Gasteiger partial charge in [-0.25, -0.2) is 8.97 Å². The zero-order valence-electron chi connectivity index (χ0n) is 18.9. The van der Waals surface area contributed by atoms with Crippen LogP contribution in [0.3, 0.4) is 0 Å². The third kappa shape index (κ3) is 3.85. The molecule has 174 valence electrons. The smallest absolute Gasteiger partial charge is 0.337 e. The van der Waals surface area contributed by atoms with Crippen LogP contribution in [0.1, 0.15) is 17.5 Å². The van der Waals surface area contributed by atoms with E-state index in [1.807, 2.05) is 41.3 Å². The Morgan fingerprint density at radius 1 is 0.800 bits per heavy atom. The fraction of sp³-hybridized carbons (Fsp3) is 0.138. The molecule has 0 saturated heterocycles. The highest BCUT2D eigenvalue weighted by Gasteiger charge is 2.31. The zero-order chi connectivity index (χ0) is 24.0. The third-order valence-corrected chi connectivity index (χ3v) is 6.60. The molecular weight excluding hydrogens is 447 g/mol. The summed E-state index contributed by atoms with van der Waals surface area (Å²) in [6, 6.07) is 26.3. The molecule has 35 heavy (non-hydrogen) atoms. The van der Waals surface area contributed by atoms with Gasteiger partial charge in [0.05, 0.1) is 11.8 Å². The second kappa shape index (κ2) is 8.31. The fourth-order valence-electron chi connectivity index (χ4n) is 4.96. The number of fused-ring (bicyclic) bond motifs is 5. The maximum atomic E-state index is 13.3. The van der Waals surface area contributed by atoms with Crippen LogP contribution in [0.25, 0.3) is 33.0 Å². The van der Waals surface area contributed by atoms with Gasteiger partial charge in [0.15, 0.2) is 5.52 Å². The molecule has 6 heteroatoms. The van der Waals surface area contributed by atoms with Crippen molar-refractivity contribution in [2.45, 2.75) is 25.6 Å². The summed E-state index contributed by atoms with van der Waals surface area (Å²) in [5, 5.41) is 2.32. The molecule has 0 bridgehead atoms. The Bertz CT molecular complexity index is 1660. The first kappa shape index (κ1) is 21.5. The van der Waals surface area contributed by atoms with Gasteiger partial charge in [0, 0.05) is 22.8 Å². The van der Waals surface area contributed by atoms with Crippen LogP contribution in [-0.2, 0) is 19.1 Å². The number of aryl methyl sites for hydroxylation is 2. The Morgan fingerprint density at radius 3 is 2.43 bits per heavy atom. The quantitative estimate of drug-likeness (QED) is 0.242. The van der Waals surface area contributed by atoms with E-state index in [2.05, 4.69) is 47.0 Å². The Balaban J connectivity index is 1.48. The van der Waals surface area contributed by atoms with Gasteiger partial charge in [-0.3, -0.25) is 0 Å². The van der Waals surface area contributed by atoms with Crippen molar-refractivity contribution in [3.8, 4) is 5.69 Å². The summed E-state index contributed by atoms with van der Waals surface area (Å²) in [4.78, 5) is 0. The number of aromatic nitrogens is 3. The number of hydrogen-bond donors (Lipinski definition) is 0. The Kier molecular flexibility index (Phi) is 5.10. The van der Waals surface area contributed by atoms with E-state index in [0.717, 1.165) is 47.4 Å². The van der Waals surface area contributed by atoms with Gasteiger partial charge >= 0.3 is 6.18 Å². The van der Waals surface area contributed by atoms with Crippen LogP contribution >= 0.6 is 0 Å². The van der Waals surface area contributed by atoms with Crippen molar-refractivity contribution in [3.05, 3.63) is 115 Å². The lowest BCUT2D eigenvalue weighted by molar-refractivity contribution is -0.510. The molecule has 0 fully saturated rings.